The van der Waals surface area contributed by atoms with Crippen molar-refractivity contribution in [2.24, 2.45) is 0 Å². The molecule has 0 fully saturated rings. The van der Waals surface area contributed by atoms with Gasteiger partial charge in [-0.2, -0.15) is 0 Å². The first-order chi connectivity index (χ1) is 11.0. The molecule has 0 spiro atoms. The summed E-state index contributed by atoms with van der Waals surface area (Å²) in [6, 6.07) is 7.48. The first-order valence-electron chi connectivity index (χ1n) is 7.70. The number of nitrogens with zero attached hydrogens (tertiary/aromatic N) is 2. The lowest BCUT2D eigenvalue weighted by atomic mass is 10.3. The Labute approximate surface area is 136 Å². The van der Waals surface area contributed by atoms with Gasteiger partial charge in [0.25, 0.3) is 0 Å². The molecule has 0 aliphatic carbocycles. The van der Waals surface area contributed by atoms with Gasteiger partial charge in [0.2, 0.25) is 0 Å². The van der Waals surface area contributed by atoms with Gasteiger partial charge in [0.05, 0.1) is 11.4 Å². The summed E-state index contributed by atoms with van der Waals surface area (Å²) in [5, 5.41) is 8.85. The van der Waals surface area contributed by atoms with Gasteiger partial charge in [-0.3, -0.25) is 4.98 Å². The Balaban J connectivity index is 1.65. The third kappa shape index (κ3) is 5.58. The molecule has 2 heterocycles. The third-order valence-corrected chi connectivity index (χ3v) is 3.33. The van der Waals surface area contributed by atoms with E-state index < -0.39 is 0 Å². The average molecular weight is 313 g/mol. The van der Waals surface area contributed by atoms with Crippen molar-refractivity contribution in [3.05, 3.63) is 47.4 Å². The predicted octanol–water partition coefficient (Wildman–Crippen LogP) is 3.03. The summed E-state index contributed by atoms with van der Waals surface area (Å²) in [5.74, 6) is 0.849. The Morgan fingerprint density at radius 3 is 2.61 bits per heavy atom. The van der Waals surface area contributed by atoms with Crippen molar-refractivity contribution in [3.8, 4) is 0 Å². The molecule has 6 nitrogen and oxygen atoms in total. The van der Waals surface area contributed by atoms with E-state index in [1.54, 1.807) is 0 Å². The van der Waals surface area contributed by atoms with Gasteiger partial charge in [0.1, 0.15) is 5.82 Å². The van der Waals surface area contributed by atoms with Crippen molar-refractivity contribution in [1.82, 2.24) is 15.3 Å². The van der Waals surface area contributed by atoms with E-state index in [1.807, 2.05) is 51.2 Å². The maximum Gasteiger partial charge on any atom is 0.319 e. The fourth-order valence-corrected chi connectivity index (χ4v) is 2.06. The van der Waals surface area contributed by atoms with Crippen molar-refractivity contribution in [1.29, 1.82) is 0 Å². The molecule has 0 aliphatic rings. The van der Waals surface area contributed by atoms with Crippen LogP contribution in [0.25, 0.3) is 0 Å². The normalized spacial score (nSPS) is 10.2. The summed E-state index contributed by atoms with van der Waals surface area (Å²) < 4.78 is 0. The third-order valence-electron chi connectivity index (χ3n) is 3.33. The Morgan fingerprint density at radius 2 is 1.91 bits per heavy atom. The second-order valence-corrected chi connectivity index (χ2v) is 5.47. The van der Waals surface area contributed by atoms with Crippen LogP contribution in [0.1, 0.15) is 23.4 Å². The standard InChI is InChI=1S/C17H23N5O/c1-12-5-8-16(20-11-12)18-9-4-10-19-17(23)22-15-7-6-13(2)21-14(15)3/h5-8,11H,4,9-10H2,1-3H3,(H,18,20)(H2,19,22,23). The van der Waals surface area contributed by atoms with Crippen LogP contribution < -0.4 is 16.0 Å². The van der Waals surface area contributed by atoms with Crippen LogP contribution in [0.15, 0.2) is 30.5 Å². The van der Waals surface area contributed by atoms with E-state index in [2.05, 4.69) is 25.9 Å². The van der Waals surface area contributed by atoms with Crippen LogP contribution in [0.5, 0.6) is 0 Å². The maximum absolute atomic E-state index is 11.8. The van der Waals surface area contributed by atoms with Gasteiger partial charge >= 0.3 is 6.03 Å². The fraction of sp³-hybridized carbons (Fsp3) is 0.353. The van der Waals surface area contributed by atoms with Gasteiger partial charge in [-0.25, -0.2) is 9.78 Å². The van der Waals surface area contributed by atoms with Crippen molar-refractivity contribution >= 4 is 17.5 Å². The summed E-state index contributed by atoms with van der Waals surface area (Å²) in [6.45, 7) is 7.14. The molecule has 0 saturated carbocycles. The number of aryl methyl sites for hydroxylation is 3. The molecule has 2 aromatic heterocycles. The van der Waals surface area contributed by atoms with E-state index in [4.69, 9.17) is 0 Å². The van der Waals surface area contributed by atoms with E-state index in [9.17, 15) is 4.79 Å². The number of rotatable bonds is 6. The summed E-state index contributed by atoms with van der Waals surface area (Å²) in [6.07, 6.45) is 2.64. The quantitative estimate of drug-likeness (QED) is 0.716. The van der Waals surface area contributed by atoms with Crippen molar-refractivity contribution in [3.63, 3.8) is 0 Å². The van der Waals surface area contributed by atoms with Crippen molar-refractivity contribution in [2.75, 3.05) is 23.7 Å². The highest BCUT2D eigenvalue weighted by Crippen LogP contribution is 2.12. The Bertz CT molecular complexity index is 655. The topological polar surface area (TPSA) is 78.9 Å². The molecule has 3 N–H and O–H groups in total. The van der Waals surface area contributed by atoms with Crippen LogP contribution in [0, 0.1) is 20.8 Å². The van der Waals surface area contributed by atoms with E-state index in [1.165, 1.54) is 0 Å². The summed E-state index contributed by atoms with van der Waals surface area (Å²) in [5.41, 5.74) is 3.61. The zero-order valence-corrected chi connectivity index (χ0v) is 13.8. The largest absolute Gasteiger partial charge is 0.370 e. The van der Waals surface area contributed by atoms with Gasteiger partial charge in [-0.15, -0.1) is 0 Å². The lowest BCUT2D eigenvalue weighted by molar-refractivity contribution is 0.252. The molecule has 0 bridgehead atoms. The van der Waals surface area contributed by atoms with Gasteiger partial charge in [0, 0.05) is 25.0 Å². The molecule has 0 unspecified atom stereocenters. The molecule has 23 heavy (non-hydrogen) atoms. The Morgan fingerprint density at radius 1 is 1.09 bits per heavy atom. The molecule has 0 radical (unpaired) electrons. The molecule has 0 aliphatic heterocycles. The second kappa shape index (κ2) is 8.12. The van der Waals surface area contributed by atoms with Crippen LogP contribution in [0.2, 0.25) is 0 Å². The fourth-order valence-electron chi connectivity index (χ4n) is 2.06. The molecule has 122 valence electrons. The van der Waals surface area contributed by atoms with E-state index in [-0.39, 0.29) is 6.03 Å². The molecule has 2 rings (SSSR count). The minimum absolute atomic E-state index is 0.216. The number of pyridine rings is 2. The lowest BCUT2D eigenvalue weighted by Gasteiger charge is -2.10. The van der Waals surface area contributed by atoms with E-state index in [0.29, 0.717) is 6.54 Å². The molecular formula is C17H23N5O. The van der Waals surface area contributed by atoms with Crippen LogP contribution >= 0.6 is 0 Å². The first kappa shape index (κ1) is 16.7. The van der Waals surface area contributed by atoms with Crippen LogP contribution in [-0.4, -0.2) is 29.1 Å². The van der Waals surface area contributed by atoms with Gasteiger partial charge < -0.3 is 16.0 Å². The second-order valence-electron chi connectivity index (χ2n) is 5.47. The predicted molar refractivity (Wildman–Crippen MR) is 92.8 cm³/mol. The molecule has 0 saturated heterocycles. The summed E-state index contributed by atoms with van der Waals surface area (Å²) in [7, 11) is 0. The maximum atomic E-state index is 11.8. The minimum Gasteiger partial charge on any atom is -0.370 e. The number of carbonyl (C=O) groups excluding carboxylic acids is 1. The monoisotopic (exact) mass is 313 g/mol. The number of amides is 2. The number of aromatic nitrogens is 2. The summed E-state index contributed by atoms with van der Waals surface area (Å²) >= 11 is 0. The smallest absolute Gasteiger partial charge is 0.319 e. The minimum atomic E-state index is -0.216. The van der Waals surface area contributed by atoms with Crippen LogP contribution in [0.4, 0.5) is 16.3 Å². The molecular weight excluding hydrogens is 290 g/mol. The number of urea groups is 1. The SMILES string of the molecule is Cc1ccc(NCCCNC(=O)Nc2ccc(C)nc2C)nc1. The molecule has 0 aromatic carbocycles. The average Bonchev–Trinajstić information content (AvgIpc) is 2.51. The zero-order valence-electron chi connectivity index (χ0n) is 13.8. The molecule has 6 heteroatoms. The molecule has 2 aromatic rings. The first-order valence-corrected chi connectivity index (χ1v) is 7.70. The lowest BCUT2D eigenvalue weighted by Crippen LogP contribution is -2.30. The highest BCUT2D eigenvalue weighted by molar-refractivity contribution is 5.89. The number of anilines is 2. The highest BCUT2D eigenvalue weighted by atomic mass is 16.2. The molecule has 2 amide bonds. The van der Waals surface area contributed by atoms with Gasteiger partial charge in [0.15, 0.2) is 0 Å². The number of hydrogen-bond donors (Lipinski definition) is 3. The van der Waals surface area contributed by atoms with Gasteiger partial charge in [-0.1, -0.05) is 6.07 Å². The van der Waals surface area contributed by atoms with E-state index in [0.717, 1.165) is 41.4 Å². The van der Waals surface area contributed by atoms with Crippen molar-refractivity contribution < 1.29 is 4.79 Å². The van der Waals surface area contributed by atoms with Crippen LogP contribution in [-0.2, 0) is 0 Å². The zero-order chi connectivity index (χ0) is 16.7. The number of carbonyl (C=O) groups is 1. The number of nitrogens with one attached hydrogen (secondary N) is 3. The highest BCUT2D eigenvalue weighted by Gasteiger charge is 2.04. The number of hydrogen-bond acceptors (Lipinski definition) is 4. The Hall–Kier alpha value is -2.63. The van der Waals surface area contributed by atoms with E-state index >= 15 is 0 Å². The van der Waals surface area contributed by atoms with Gasteiger partial charge in [-0.05, 0) is 51.0 Å². The van der Waals surface area contributed by atoms with Crippen molar-refractivity contribution in [2.45, 2.75) is 27.2 Å². The Kier molecular flexibility index (Phi) is 5.91. The molecule has 0 atom stereocenters. The van der Waals surface area contributed by atoms with Crippen LogP contribution in [0.3, 0.4) is 0 Å². The summed E-state index contributed by atoms with van der Waals surface area (Å²) in [4.78, 5) is 20.4.